The normalized spacial score (nSPS) is 14.7. The Kier molecular flexibility index (Phi) is 4.77. The van der Waals surface area contributed by atoms with Crippen LogP contribution in [0.4, 0.5) is 5.82 Å². The number of nitriles is 1. The van der Waals surface area contributed by atoms with E-state index < -0.39 is 6.04 Å². The Morgan fingerprint density at radius 1 is 1.06 bits per heavy atom. The highest BCUT2D eigenvalue weighted by molar-refractivity contribution is 5.82. The Morgan fingerprint density at radius 3 is 2.58 bits per heavy atom. The van der Waals surface area contributed by atoms with Crippen LogP contribution in [0.15, 0.2) is 83.6 Å². The topological polar surface area (TPSA) is 82.8 Å². The summed E-state index contributed by atoms with van der Waals surface area (Å²) in [6.07, 6.45) is 4.43. The molecule has 2 aromatic heterocycles. The molecule has 0 radical (unpaired) electrons. The van der Waals surface area contributed by atoms with Crippen molar-refractivity contribution in [3.8, 4) is 17.3 Å². The fraction of sp³-hybridized carbons (Fsp3) is 0.120. The fourth-order valence-corrected chi connectivity index (χ4v) is 3.81. The number of fused-ring (bicyclic) bond motifs is 1. The zero-order valence-corrected chi connectivity index (χ0v) is 16.7. The molecule has 0 saturated heterocycles. The van der Waals surface area contributed by atoms with Crippen LogP contribution in [-0.4, -0.2) is 16.9 Å². The highest BCUT2D eigenvalue weighted by Gasteiger charge is 2.41. The molecule has 6 heteroatoms. The van der Waals surface area contributed by atoms with E-state index in [-0.39, 0.29) is 5.91 Å². The first-order valence-electron chi connectivity index (χ1n) is 10.0. The van der Waals surface area contributed by atoms with Crippen LogP contribution in [-0.2, 0) is 12.8 Å². The summed E-state index contributed by atoms with van der Waals surface area (Å²) in [6, 6.07) is 22.7. The molecular weight excluding hydrogens is 388 g/mol. The van der Waals surface area contributed by atoms with Crippen molar-refractivity contribution in [3.05, 3.63) is 102 Å². The molecule has 1 N–H and O–H groups in total. The van der Waals surface area contributed by atoms with E-state index in [1.165, 1.54) is 0 Å². The molecule has 0 amide bonds. The summed E-state index contributed by atoms with van der Waals surface area (Å²) in [7, 11) is 0. The van der Waals surface area contributed by atoms with E-state index in [4.69, 9.17) is 14.7 Å². The molecule has 6 nitrogen and oxygen atoms in total. The summed E-state index contributed by atoms with van der Waals surface area (Å²) >= 11 is 0. The first kappa shape index (κ1) is 18.8. The van der Waals surface area contributed by atoms with E-state index in [1.54, 1.807) is 29.2 Å². The SMILES string of the molecule is N#Cc1ccc(-c2c[n+]3c(c(Cc4ccccc4)n2)NC(Cc2ccco2)C3=O)cc1. The van der Waals surface area contributed by atoms with E-state index in [1.807, 2.05) is 54.6 Å². The number of nitrogens with one attached hydrogen (secondary N) is 1. The zero-order chi connectivity index (χ0) is 21.2. The van der Waals surface area contributed by atoms with Gasteiger partial charge < -0.3 is 4.42 Å². The Balaban J connectivity index is 1.56. The summed E-state index contributed by atoms with van der Waals surface area (Å²) in [6.45, 7) is 0. The van der Waals surface area contributed by atoms with E-state index in [2.05, 4.69) is 11.4 Å². The molecule has 3 heterocycles. The van der Waals surface area contributed by atoms with Gasteiger partial charge in [0.1, 0.15) is 23.3 Å². The van der Waals surface area contributed by atoms with Gasteiger partial charge in [-0.25, -0.2) is 9.78 Å². The molecule has 0 fully saturated rings. The molecule has 0 bridgehead atoms. The van der Waals surface area contributed by atoms with E-state index in [9.17, 15) is 4.79 Å². The van der Waals surface area contributed by atoms with Gasteiger partial charge in [0.25, 0.3) is 0 Å². The van der Waals surface area contributed by atoms with Crippen LogP contribution < -0.4 is 9.88 Å². The van der Waals surface area contributed by atoms with Crippen molar-refractivity contribution in [2.75, 3.05) is 5.32 Å². The number of benzene rings is 2. The van der Waals surface area contributed by atoms with Gasteiger partial charge in [0.05, 0.1) is 24.3 Å². The fourth-order valence-electron chi connectivity index (χ4n) is 3.81. The lowest BCUT2D eigenvalue weighted by atomic mass is 10.1. The maximum atomic E-state index is 13.2. The number of rotatable bonds is 5. The second-order valence-electron chi connectivity index (χ2n) is 7.46. The second kappa shape index (κ2) is 7.88. The molecule has 0 saturated carbocycles. The van der Waals surface area contributed by atoms with Crippen molar-refractivity contribution in [1.82, 2.24) is 4.98 Å². The molecule has 1 aliphatic rings. The molecule has 150 valence electrons. The van der Waals surface area contributed by atoms with Gasteiger partial charge >= 0.3 is 11.7 Å². The summed E-state index contributed by atoms with van der Waals surface area (Å²) in [5.74, 6) is 1.42. The van der Waals surface area contributed by atoms with Crippen molar-refractivity contribution < 1.29 is 13.8 Å². The molecule has 31 heavy (non-hydrogen) atoms. The molecule has 1 atom stereocenters. The van der Waals surface area contributed by atoms with Gasteiger partial charge in [0.2, 0.25) is 6.04 Å². The minimum absolute atomic E-state index is 0.0435. The number of aromatic nitrogens is 2. The van der Waals surface area contributed by atoms with Crippen LogP contribution >= 0.6 is 0 Å². The van der Waals surface area contributed by atoms with Crippen molar-refractivity contribution in [3.63, 3.8) is 0 Å². The number of nitrogens with zero attached hydrogens (tertiary/aromatic N) is 3. The van der Waals surface area contributed by atoms with Crippen molar-refractivity contribution >= 4 is 11.7 Å². The molecular formula is C25H19N4O2+. The van der Waals surface area contributed by atoms with Gasteiger partial charge in [-0.05, 0) is 29.8 Å². The predicted octanol–water partition coefficient (Wildman–Crippen LogP) is 3.77. The average molecular weight is 407 g/mol. The standard InChI is InChI=1S/C25H18N4O2/c26-15-18-8-10-19(11-9-18)23-16-29-24(21(27-23)13-17-5-2-1-3-6-17)28-22(25(29)30)14-20-7-4-12-31-20/h1-12,16,22H,13-14H2/p+1. The third kappa shape index (κ3) is 3.69. The number of anilines is 1. The van der Waals surface area contributed by atoms with Gasteiger partial charge in [0, 0.05) is 12.0 Å². The Bertz CT molecular complexity index is 1270. The van der Waals surface area contributed by atoms with Gasteiger partial charge in [-0.1, -0.05) is 42.5 Å². The van der Waals surface area contributed by atoms with E-state index >= 15 is 0 Å². The maximum Gasteiger partial charge on any atom is 0.359 e. The number of furan rings is 1. The van der Waals surface area contributed by atoms with E-state index in [0.29, 0.717) is 29.9 Å². The van der Waals surface area contributed by atoms with Crippen molar-refractivity contribution in [2.45, 2.75) is 18.9 Å². The van der Waals surface area contributed by atoms with Crippen LogP contribution in [0.25, 0.3) is 11.3 Å². The smallest absolute Gasteiger partial charge is 0.359 e. The van der Waals surface area contributed by atoms with Gasteiger partial charge in [0.15, 0.2) is 0 Å². The highest BCUT2D eigenvalue weighted by atomic mass is 16.3. The lowest BCUT2D eigenvalue weighted by molar-refractivity contribution is -0.552. The lowest BCUT2D eigenvalue weighted by Crippen LogP contribution is -2.44. The quantitative estimate of drug-likeness (QED) is 0.509. The Labute approximate surface area is 179 Å². The largest absolute Gasteiger partial charge is 0.469 e. The van der Waals surface area contributed by atoms with Gasteiger partial charge in [-0.15, -0.1) is 0 Å². The molecule has 1 unspecified atom stereocenters. The number of hydrogen-bond acceptors (Lipinski definition) is 5. The Hall–Kier alpha value is -4.24. The lowest BCUT2D eigenvalue weighted by Gasteiger charge is -2.07. The van der Waals surface area contributed by atoms with Crippen LogP contribution in [0.2, 0.25) is 0 Å². The van der Waals surface area contributed by atoms with Gasteiger partial charge in [-0.2, -0.15) is 9.83 Å². The summed E-state index contributed by atoms with van der Waals surface area (Å²) in [5, 5.41) is 12.4. The minimum atomic E-state index is -0.418. The average Bonchev–Trinajstić information content (AvgIpc) is 3.43. The number of carbonyl (C=O) groups is 1. The van der Waals surface area contributed by atoms with Crippen molar-refractivity contribution in [2.24, 2.45) is 0 Å². The van der Waals surface area contributed by atoms with Crippen LogP contribution in [0, 0.1) is 11.3 Å². The maximum absolute atomic E-state index is 13.2. The minimum Gasteiger partial charge on any atom is -0.469 e. The highest BCUT2D eigenvalue weighted by Crippen LogP contribution is 2.25. The van der Waals surface area contributed by atoms with E-state index in [0.717, 1.165) is 22.6 Å². The summed E-state index contributed by atoms with van der Waals surface area (Å²) < 4.78 is 7.10. The molecule has 5 rings (SSSR count). The summed E-state index contributed by atoms with van der Waals surface area (Å²) in [5.41, 5.74) is 4.03. The predicted molar refractivity (Wildman–Crippen MR) is 114 cm³/mol. The second-order valence-corrected chi connectivity index (χ2v) is 7.46. The van der Waals surface area contributed by atoms with Crippen LogP contribution in [0.1, 0.15) is 27.4 Å². The molecule has 4 aromatic rings. The first-order valence-corrected chi connectivity index (χ1v) is 10.0. The number of hydrogen-bond donors (Lipinski definition) is 1. The molecule has 0 spiro atoms. The van der Waals surface area contributed by atoms with Crippen LogP contribution in [0.3, 0.4) is 0 Å². The summed E-state index contributed by atoms with van der Waals surface area (Å²) in [4.78, 5) is 18.1. The third-order valence-electron chi connectivity index (χ3n) is 5.38. The first-order chi connectivity index (χ1) is 15.2. The zero-order valence-electron chi connectivity index (χ0n) is 16.7. The third-order valence-corrected chi connectivity index (χ3v) is 5.38. The molecule has 1 aliphatic heterocycles. The van der Waals surface area contributed by atoms with Crippen LogP contribution in [0.5, 0.6) is 0 Å². The monoisotopic (exact) mass is 407 g/mol. The molecule has 0 aliphatic carbocycles. The molecule has 2 aromatic carbocycles. The Morgan fingerprint density at radius 2 is 1.87 bits per heavy atom. The number of carbonyl (C=O) groups excluding carboxylic acids is 1. The van der Waals surface area contributed by atoms with Gasteiger partial charge in [-0.3, -0.25) is 5.32 Å². The van der Waals surface area contributed by atoms with Crippen molar-refractivity contribution in [1.29, 1.82) is 5.26 Å².